The third kappa shape index (κ3) is 5.63. The van der Waals surface area contributed by atoms with Gasteiger partial charge < -0.3 is 20.9 Å². The number of hydrogen-bond donors (Lipinski definition) is 3. The van der Waals surface area contributed by atoms with Gasteiger partial charge in [0.15, 0.2) is 0 Å². The van der Waals surface area contributed by atoms with Crippen LogP contribution in [-0.4, -0.2) is 36.1 Å². The number of pyridine rings is 1. The summed E-state index contributed by atoms with van der Waals surface area (Å²) in [5.41, 5.74) is 3.36. The molecule has 1 aromatic heterocycles. The zero-order chi connectivity index (χ0) is 22.2. The summed E-state index contributed by atoms with van der Waals surface area (Å²) in [5, 5.41) is 8.91. The van der Waals surface area contributed by atoms with Crippen LogP contribution in [0.2, 0.25) is 0 Å². The van der Waals surface area contributed by atoms with E-state index >= 15 is 0 Å². The number of nitrogens with one attached hydrogen (secondary N) is 3. The molecule has 3 amide bonds. The SMILES string of the molecule is O=C(Nc1ccccc1)NC1CCN(c2ccccc2C(=O)NCc2ccncc2)CC1. The quantitative estimate of drug-likeness (QED) is 0.556. The summed E-state index contributed by atoms with van der Waals surface area (Å²) in [4.78, 5) is 31.3. The molecule has 2 heterocycles. The molecule has 3 N–H and O–H groups in total. The van der Waals surface area contributed by atoms with Gasteiger partial charge in [0.1, 0.15) is 0 Å². The molecule has 1 fully saturated rings. The molecule has 0 radical (unpaired) electrons. The van der Waals surface area contributed by atoms with E-state index in [0.29, 0.717) is 12.1 Å². The number of amides is 3. The Morgan fingerprint density at radius 2 is 1.59 bits per heavy atom. The molecule has 1 aliphatic rings. The largest absolute Gasteiger partial charge is 0.371 e. The van der Waals surface area contributed by atoms with Gasteiger partial charge in [-0.1, -0.05) is 30.3 Å². The van der Waals surface area contributed by atoms with Crippen LogP contribution in [0.4, 0.5) is 16.2 Å². The molecule has 0 atom stereocenters. The lowest BCUT2D eigenvalue weighted by atomic mass is 10.0. The van der Waals surface area contributed by atoms with E-state index in [1.165, 1.54) is 0 Å². The Balaban J connectivity index is 1.31. The van der Waals surface area contributed by atoms with Crippen LogP contribution in [0.5, 0.6) is 0 Å². The Morgan fingerprint density at radius 3 is 2.34 bits per heavy atom. The summed E-state index contributed by atoms with van der Waals surface area (Å²) in [6.07, 6.45) is 5.06. The van der Waals surface area contributed by atoms with Crippen LogP contribution in [0.1, 0.15) is 28.8 Å². The first kappa shape index (κ1) is 21.4. The molecule has 0 saturated carbocycles. The molecule has 7 nitrogen and oxygen atoms in total. The van der Waals surface area contributed by atoms with Crippen molar-refractivity contribution in [1.82, 2.24) is 15.6 Å². The Kier molecular flexibility index (Phi) is 6.97. The summed E-state index contributed by atoms with van der Waals surface area (Å²) in [6, 6.07) is 20.8. The zero-order valence-electron chi connectivity index (χ0n) is 17.8. The summed E-state index contributed by atoms with van der Waals surface area (Å²) < 4.78 is 0. The van der Waals surface area contributed by atoms with Gasteiger partial charge in [0.05, 0.1) is 5.56 Å². The molecule has 0 aliphatic carbocycles. The summed E-state index contributed by atoms with van der Waals surface area (Å²) in [6.45, 7) is 1.99. The number of aromatic nitrogens is 1. The molecule has 0 unspecified atom stereocenters. The number of rotatable bonds is 6. The highest BCUT2D eigenvalue weighted by atomic mass is 16.2. The molecule has 4 rings (SSSR count). The van der Waals surface area contributed by atoms with Crippen LogP contribution in [0, 0.1) is 0 Å². The van der Waals surface area contributed by atoms with Gasteiger partial charge in [-0.25, -0.2) is 4.79 Å². The zero-order valence-corrected chi connectivity index (χ0v) is 17.8. The molecule has 1 aliphatic heterocycles. The number of piperidine rings is 1. The molecule has 1 saturated heterocycles. The minimum atomic E-state index is -0.189. The molecule has 32 heavy (non-hydrogen) atoms. The van der Waals surface area contributed by atoms with Crippen molar-refractivity contribution in [3.8, 4) is 0 Å². The van der Waals surface area contributed by atoms with Crippen LogP contribution in [-0.2, 0) is 6.54 Å². The third-order valence-corrected chi connectivity index (χ3v) is 5.55. The fraction of sp³-hybridized carbons (Fsp3) is 0.240. The standard InChI is InChI=1S/C25H27N5O2/c31-24(27-18-19-10-14-26-15-11-19)22-8-4-5-9-23(22)30-16-12-21(13-17-30)29-25(32)28-20-6-2-1-3-7-20/h1-11,14-15,21H,12-13,16-18H2,(H,27,31)(H2,28,29,32). The van der Waals surface area contributed by atoms with Crippen molar-refractivity contribution in [2.45, 2.75) is 25.4 Å². The van der Waals surface area contributed by atoms with E-state index in [-0.39, 0.29) is 18.0 Å². The van der Waals surface area contributed by atoms with Crippen molar-refractivity contribution in [2.24, 2.45) is 0 Å². The minimum absolute atomic E-state index is 0.0973. The number of nitrogens with zero attached hydrogens (tertiary/aromatic N) is 2. The van der Waals surface area contributed by atoms with Crippen molar-refractivity contribution in [2.75, 3.05) is 23.3 Å². The van der Waals surface area contributed by atoms with Gasteiger partial charge in [-0.15, -0.1) is 0 Å². The lowest BCUT2D eigenvalue weighted by molar-refractivity contribution is 0.0951. The molecular weight excluding hydrogens is 402 g/mol. The Hall–Kier alpha value is -3.87. The van der Waals surface area contributed by atoms with E-state index in [2.05, 4.69) is 25.8 Å². The number of urea groups is 1. The smallest absolute Gasteiger partial charge is 0.319 e. The minimum Gasteiger partial charge on any atom is -0.371 e. The predicted octanol–water partition coefficient (Wildman–Crippen LogP) is 3.80. The van der Waals surface area contributed by atoms with Crippen LogP contribution in [0.15, 0.2) is 79.1 Å². The first-order valence-corrected chi connectivity index (χ1v) is 10.8. The average molecular weight is 430 g/mol. The van der Waals surface area contributed by atoms with E-state index in [0.717, 1.165) is 42.9 Å². The van der Waals surface area contributed by atoms with Gasteiger partial charge in [-0.05, 0) is 54.8 Å². The highest BCUT2D eigenvalue weighted by Crippen LogP contribution is 2.24. The molecular formula is C25H27N5O2. The van der Waals surface area contributed by atoms with E-state index in [9.17, 15) is 9.59 Å². The number of benzene rings is 2. The molecule has 7 heteroatoms. The van der Waals surface area contributed by atoms with Gasteiger partial charge >= 0.3 is 6.03 Å². The number of carbonyl (C=O) groups excluding carboxylic acids is 2. The first-order chi connectivity index (χ1) is 15.7. The maximum Gasteiger partial charge on any atom is 0.319 e. The molecule has 2 aromatic carbocycles. The third-order valence-electron chi connectivity index (χ3n) is 5.55. The normalized spacial score (nSPS) is 13.9. The van der Waals surface area contributed by atoms with Crippen molar-refractivity contribution in [1.29, 1.82) is 0 Å². The average Bonchev–Trinajstić information content (AvgIpc) is 2.84. The highest BCUT2D eigenvalue weighted by Gasteiger charge is 2.23. The Labute approximate surface area is 187 Å². The molecule has 0 spiro atoms. The second kappa shape index (κ2) is 10.4. The fourth-order valence-electron chi connectivity index (χ4n) is 3.86. The van der Waals surface area contributed by atoms with E-state index in [1.54, 1.807) is 12.4 Å². The summed E-state index contributed by atoms with van der Waals surface area (Å²) >= 11 is 0. The number of carbonyl (C=O) groups is 2. The van der Waals surface area contributed by atoms with Crippen LogP contribution >= 0.6 is 0 Å². The summed E-state index contributed by atoms with van der Waals surface area (Å²) in [7, 11) is 0. The van der Waals surface area contributed by atoms with Gasteiger partial charge in [-0.2, -0.15) is 0 Å². The van der Waals surface area contributed by atoms with Crippen molar-refractivity contribution >= 4 is 23.3 Å². The molecule has 3 aromatic rings. The van der Waals surface area contributed by atoms with Gasteiger partial charge in [-0.3, -0.25) is 9.78 Å². The van der Waals surface area contributed by atoms with Crippen molar-refractivity contribution in [3.05, 3.63) is 90.3 Å². The second-order valence-electron chi connectivity index (χ2n) is 7.78. The van der Waals surface area contributed by atoms with Gasteiger partial charge in [0, 0.05) is 49.4 Å². The lowest BCUT2D eigenvalue weighted by Gasteiger charge is -2.34. The maximum atomic E-state index is 12.8. The van der Waals surface area contributed by atoms with Gasteiger partial charge in [0.25, 0.3) is 5.91 Å². The van der Waals surface area contributed by atoms with Crippen LogP contribution in [0.25, 0.3) is 0 Å². The van der Waals surface area contributed by atoms with E-state index in [1.807, 2.05) is 66.7 Å². The number of hydrogen-bond acceptors (Lipinski definition) is 4. The van der Waals surface area contributed by atoms with Gasteiger partial charge in [0.2, 0.25) is 0 Å². The molecule has 0 bridgehead atoms. The van der Waals surface area contributed by atoms with Crippen molar-refractivity contribution < 1.29 is 9.59 Å². The number of anilines is 2. The topological polar surface area (TPSA) is 86.4 Å². The number of para-hydroxylation sites is 2. The fourth-order valence-corrected chi connectivity index (χ4v) is 3.86. The van der Waals surface area contributed by atoms with E-state index in [4.69, 9.17) is 0 Å². The molecule has 164 valence electrons. The van der Waals surface area contributed by atoms with Crippen LogP contribution < -0.4 is 20.9 Å². The monoisotopic (exact) mass is 429 g/mol. The second-order valence-corrected chi connectivity index (χ2v) is 7.78. The van der Waals surface area contributed by atoms with Crippen molar-refractivity contribution in [3.63, 3.8) is 0 Å². The lowest BCUT2D eigenvalue weighted by Crippen LogP contribution is -2.46. The van der Waals surface area contributed by atoms with E-state index < -0.39 is 0 Å². The predicted molar refractivity (Wildman–Crippen MR) is 126 cm³/mol. The summed E-state index contributed by atoms with van der Waals surface area (Å²) in [5.74, 6) is -0.0973. The maximum absolute atomic E-state index is 12.8. The Bertz CT molecular complexity index is 1030. The first-order valence-electron chi connectivity index (χ1n) is 10.8. The Morgan fingerprint density at radius 1 is 0.906 bits per heavy atom. The van der Waals surface area contributed by atoms with Crippen LogP contribution in [0.3, 0.4) is 0 Å². The highest BCUT2D eigenvalue weighted by molar-refractivity contribution is 5.99.